The fourth-order valence-corrected chi connectivity index (χ4v) is 4.22. The van der Waals surface area contributed by atoms with Crippen LogP contribution in [0.4, 0.5) is 10.9 Å². The Morgan fingerprint density at radius 1 is 1.17 bits per heavy atom. The van der Waals surface area contributed by atoms with Crippen LogP contribution in [0.15, 0.2) is 6.07 Å². The normalized spacial score (nSPS) is 20.6. The monoisotopic (exact) mass is 342 g/mol. The van der Waals surface area contributed by atoms with Gasteiger partial charge in [0.1, 0.15) is 5.82 Å². The van der Waals surface area contributed by atoms with E-state index in [-0.39, 0.29) is 0 Å². The molecule has 1 aliphatic heterocycles. The van der Waals surface area contributed by atoms with Gasteiger partial charge in [-0.15, -0.1) is 5.10 Å². The van der Waals surface area contributed by atoms with E-state index in [0.29, 0.717) is 11.8 Å². The summed E-state index contributed by atoms with van der Waals surface area (Å²) in [5.74, 6) is 3.38. The summed E-state index contributed by atoms with van der Waals surface area (Å²) in [6.45, 7) is 3.07. The van der Waals surface area contributed by atoms with Crippen molar-refractivity contribution >= 4 is 22.5 Å². The van der Waals surface area contributed by atoms with Gasteiger partial charge in [-0.05, 0) is 50.2 Å². The summed E-state index contributed by atoms with van der Waals surface area (Å²) >= 11 is 1.50. The van der Waals surface area contributed by atoms with Gasteiger partial charge in [0.25, 0.3) is 0 Å². The second-order valence-corrected chi connectivity index (χ2v) is 8.02. The zero-order valence-electron chi connectivity index (χ0n) is 13.7. The van der Waals surface area contributed by atoms with E-state index in [2.05, 4.69) is 35.8 Å². The summed E-state index contributed by atoms with van der Waals surface area (Å²) in [6.07, 6.45) is 7.32. The molecule has 0 aromatic carbocycles. The fourth-order valence-electron chi connectivity index (χ4n) is 3.56. The standard InChI is InChI=1S/C17H22N6S/c1-2-4-14-13(3-1)7-15(21-20-14)23-9-11(10-23)8-18-17-19-16(22-24-17)12-5-6-12/h7,11-12H,1-6,8-10H2,(H,18,19,22). The molecule has 0 radical (unpaired) electrons. The lowest BCUT2D eigenvalue weighted by Gasteiger charge is -2.40. The third kappa shape index (κ3) is 2.85. The highest BCUT2D eigenvalue weighted by atomic mass is 32.1. The molecule has 0 spiro atoms. The van der Waals surface area contributed by atoms with Crippen molar-refractivity contribution in [3.8, 4) is 0 Å². The molecule has 5 rings (SSSR count). The molecule has 6 nitrogen and oxygen atoms in total. The minimum Gasteiger partial charge on any atom is -0.360 e. The van der Waals surface area contributed by atoms with Crippen molar-refractivity contribution in [1.82, 2.24) is 19.6 Å². The number of rotatable bonds is 5. The van der Waals surface area contributed by atoms with Gasteiger partial charge in [0.2, 0.25) is 5.13 Å². The van der Waals surface area contributed by atoms with Crippen molar-refractivity contribution < 1.29 is 0 Å². The number of fused-ring (bicyclic) bond motifs is 1. The Hall–Kier alpha value is -1.76. The van der Waals surface area contributed by atoms with Crippen molar-refractivity contribution in [2.45, 2.75) is 44.4 Å². The molecule has 0 bridgehead atoms. The number of nitrogens with one attached hydrogen (secondary N) is 1. The van der Waals surface area contributed by atoms with Gasteiger partial charge in [-0.2, -0.15) is 9.47 Å². The summed E-state index contributed by atoms with van der Waals surface area (Å²) < 4.78 is 4.44. The van der Waals surface area contributed by atoms with Gasteiger partial charge >= 0.3 is 0 Å². The van der Waals surface area contributed by atoms with Gasteiger partial charge in [-0.25, -0.2) is 4.98 Å². The maximum atomic E-state index is 4.59. The second-order valence-electron chi connectivity index (χ2n) is 7.27. The largest absolute Gasteiger partial charge is 0.360 e. The summed E-state index contributed by atoms with van der Waals surface area (Å²) in [7, 11) is 0. The van der Waals surface area contributed by atoms with Crippen LogP contribution in [-0.4, -0.2) is 39.2 Å². The highest BCUT2D eigenvalue weighted by molar-refractivity contribution is 7.09. The average Bonchev–Trinajstić information content (AvgIpc) is 3.32. The first-order valence-electron chi connectivity index (χ1n) is 9.03. The van der Waals surface area contributed by atoms with E-state index in [4.69, 9.17) is 0 Å². The molecule has 24 heavy (non-hydrogen) atoms. The number of anilines is 2. The SMILES string of the molecule is c1c(N2CC(CNc3nc(C4CC4)ns3)C2)nnc2c1CCCC2. The number of aryl methyl sites for hydroxylation is 2. The number of nitrogens with zero attached hydrogens (tertiary/aromatic N) is 5. The highest BCUT2D eigenvalue weighted by Gasteiger charge is 2.30. The van der Waals surface area contributed by atoms with Gasteiger partial charge in [-0.1, -0.05) is 0 Å². The molecular weight excluding hydrogens is 320 g/mol. The molecule has 2 aliphatic carbocycles. The van der Waals surface area contributed by atoms with E-state index >= 15 is 0 Å². The maximum Gasteiger partial charge on any atom is 0.202 e. The molecule has 0 amide bonds. The molecule has 0 atom stereocenters. The summed E-state index contributed by atoms with van der Waals surface area (Å²) in [5.41, 5.74) is 2.63. The third-order valence-corrected chi connectivity index (χ3v) is 5.95. The summed E-state index contributed by atoms with van der Waals surface area (Å²) in [6, 6.07) is 2.26. The summed E-state index contributed by atoms with van der Waals surface area (Å²) in [4.78, 5) is 6.93. The lowest BCUT2D eigenvalue weighted by molar-refractivity contribution is 0.424. The van der Waals surface area contributed by atoms with Crippen molar-refractivity contribution in [2.75, 3.05) is 29.9 Å². The van der Waals surface area contributed by atoms with Crippen LogP contribution in [0.25, 0.3) is 0 Å². The van der Waals surface area contributed by atoms with Gasteiger partial charge in [0.15, 0.2) is 5.82 Å². The van der Waals surface area contributed by atoms with Crippen LogP contribution in [-0.2, 0) is 12.8 Å². The highest BCUT2D eigenvalue weighted by Crippen LogP contribution is 2.39. The number of aromatic nitrogens is 4. The summed E-state index contributed by atoms with van der Waals surface area (Å²) in [5, 5.41) is 13.3. The molecule has 0 unspecified atom stereocenters. The van der Waals surface area contributed by atoms with Crippen molar-refractivity contribution in [1.29, 1.82) is 0 Å². The van der Waals surface area contributed by atoms with Gasteiger partial charge in [0.05, 0.1) is 5.69 Å². The van der Waals surface area contributed by atoms with Crippen LogP contribution < -0.4 is 10.2 Å². The molecule has 2 aromatic rings. The smallest absolute Gasteiger partial charge is 0.202 e. The lowest BCUT2D eigenvalue weighted by atomic mass is 9.95. The van der Waals surface area contributed by atoms with Crippen molar-refractivity contribution in [2.24, 2.45) is 5.92 Å². The van der Waals surface area contributed by atoms with Gasteiger partial charge in [-0.3, -0.25) is 0 Å². The van der Waals surface area contributed by atoms with Crippen LogP contribution in [0.5, 0.6) is 0 Å². The Morgan fingerprint density at radius 3 is 2.92 bits per heavy atom. The van der Waals surface area contributed by atoms with E-state index in [9.17, 15) is 0 Å². The molecule has 2 aromatic heterocycles. The number of hydrogen-bond donors (Lipinski definition) is 1. The quantitative estimate of drug-likeness (QED) is 0.901. The first-order chi connectivity index (χ1) is 11.8. The topological polar surface area (TPSA) is 66.8 Å². The van der Waals surface area contributed by atoms with Crippen molar-refractivity contribution in [3.05, 3.63) is 23.1 Å². The fraction of sp³-hybridized carbons (Fsp3) is 0.647. The van der Waals surface area contributed by atoms with Crippen LogP contribution in [0.1, 0.15) is 48.7 Å². The Bertz CT molecular complexity index is 734. The zero-order valence-corrected chi connectivity index (χ0v) is 14.6. The first kappa shape index (κ1) is 14.6. The van der Waals surface area contributed by atoms with Crippen molar-refractivity contribution in [3.63, 3.8) is 0 Å². The maximum absolute atomic E-state index is 4.59. The molecule has 1 saturated carbocycles. The average molecular weight is 342 g/mol. The van der Waals surface area contributed by atoms with E-state index in [1.54, 1.807) is 0 Å². The first-order valence-corrected chi connectivity index (χ1v) is 9.80. The third-order valence-electron chi connectivity index (χ3n) is 5.26. The zero-order chi connectivity index (χ0) is 15.9. The molecular formula is C17H22N6S. The van der Waals surface area contributed by atoms with Gasteiger partial charge < -0.3 is 10.2 Å². The van der Waals surface area contributed by atoms with Crippen LogP contribution >= 0.6 is 11.5 Å². The minimum atomic E-state index is 0.638. The molecule has 2 fully saturated rings. The van der Waals surface area contributed by atoms with E-state index in [0.717, 1.165) is 49.2 Å². The molecule has 3 aliphatic rings. The predicted octanol–water partition coefficient (Wildman–Crippen LogP) is 2.63. The Balaban J connectivity index is 1.14. The Morgan fingerprint density at radius 2 is 2.04 bits per heavy atom. The Kier molecular flexibility index (Phi) is 3.61. The Labute approximate surface area is 145 Å². The van der Waals surface area contributed by atoms with Gasteiger partial charge in [0, 0.05) is 43.0 Å². The molecule has 126 valence electrons. The van der Waals surface area contributed by atoms with Crippen LogP contribution in [0.3, 0.4) is 0 Å². The van der Waals surface area contributed by atoms with Crippen LogP contribution in [0, 0.1) is 5.92 Å². The molecule has 1 N–H and O–H groups in total. The molecule has 7 heteroatoms. The van der Waals surface area contributed by atoms with E-state index in [1.165, 1.54) is 48.5 Å². The van der Waals surface area contributed by atoms with E-state index < -0.39 is 0 Å². The van der Waals surface area contributed by atoms with E-state index in [1.807, 2.05) is 0 Å². The predicted molar refractivity (Wildman–Crippen MR) is 94.8 cm³/mol. The lowest BCUT2D eigenvalue weighted by Crippen LogP contribution is -2.50. The number of hydrogen-bond acceptors (Lipinski definition) is 7. The molecule has 1 saturated heterocycles. The molecule has 3 heterocycles. The second kappa shape index (κ2) is 5.95. The minimum absolute atomic E-state index is 0.638. The van der Waals surface area contributed by atoms with Crippen LogP contribution in [0.2, 0.25) is 0 Å².